The van der Waals surface area contributed by atoms with Crippen molar-refractivity contribution in [1.82, 2.24) is 19.5 Å². The van der Waals surface area contributed by atoms with E-state index < -0.39 is 12.0 Å². The van der Waals surface area contributed by atoms with E-state index in [1.165, 1.54) is 13.4 Å². The van der Waals surface area contributed by atoms with Crippen LogP contribution < -0.4 is 9.47 Å². The van der Waals surface area contributed by atoms with Crippen LogP contribution in [0.2, 0.25) is 0 Å². The molecule has 0 spiro atoms. The fourth-order valence-corrected chi connectivity index (χ4v) is 3.78. The first-order valence-electron chi connectivity index (χ1n) is 9.08. The number of aromatic nitrogens is 3. The summed E-state index contributed by atoms with van der Waals surface area (Å²) in [4.78, 5) is 26.5. The molecule has 2 aromatic heterocycles. The van der Waals surface area contributed by atoms with Crippen molar-refractivity contribution < 1.29 is 24.2 Å². The number of methoxy groups -OCH3 is 2. The zero-order valence-electron chi connectivity index (χ0n) is 16.0. The molecule has 1 amide bonds. The van der Waals surface area contributed by atoms with E-state index in [4.69, 9.17) is 9.47 Å². The Bertz CT molecular complexity index is 1090. The van der Waals surface area contributed by atoms with Crippen molar-refractivity contribution >= 4 is 17.5 Å². The number of pyridine rings is 1. The van der Waals surface area contributed by atoms with E-state index >= 15 is 0 Å². The third kappa shape index (κ3) is 3.35. The van der Waals surface area contributed by atoms with Gasteiger partial charge in [0.05, 0.1) is 32.2 Å². The van der Waals surface area contributed by atoms with Crippen LogP contribution in [0.4, 0.5) is 0 Å². The van der Waals surface area contributed by atoms with Gasteiger partial charge in [0.1, 0.15) is 6.33 Å². The molecular formula is C20H20N4O5. The van der Waals surface area contributed by atoms with Gasteiger partial charge in [0.2, 0.25) is 0 Å². The maximum atomic E-state index is 13.3. The van der Waals surface area contributed by atoms with Crippen LogP contribution in [0.1, 0.15) is 33.9 Å². The second kappa shape index (κ2) is 7.42. The smallest absolute Gasteiger partial charge is 0.305 e. The highest BCUT2D eigenvalue weighted by Gasteiger charge is 2.34. The Balaban J connectivity index is 1.75. The van der Waals surface area contributed by atoms with Gasteiger partial charge in [0.15, 0.2) is 17.1 Å². The molecule has 0 saturated heterocycles. The van der Waals surface area contributed by atoms with E-state index in [9.17, 15) is 14.7 Å². The van der Waals surface area contributed by atoms with Crippen LogP contribution in [-0.2, 0) is 11.2 Å². The van der Waals surface area contributed by atoms with E-state index in [2.05, 4.69) is 10.2 Å². The van der Waals surface area contributed by atoms with Gasteiger partial charge >= 0.3 is 5.97 Å². The minimum absolute atomic E-state index is 0.205. The van der Waals surface area contributed by atoms with E-state index in [1.54, 1.807) is 40.8 Å². The zero-order chi connectivity index (χ0) is 20.5. The number of hydrogen-bond donors (Lipinski definition) is 1. The van der Waals surface area contributed by atoms with Crippen LogP contribution in [0.25, 0.3) is 5.65 Å². The van der Waals surface area contributed by atoms with Gasteiger partial charge in [-0.1, -0.05) is 0 Å². The molecule has 1 atom stereocenters. The third-order valence-electron chi connectivity index (χ3n) is 5.17. The zero-order valence-corrected chi connectivity index (χ0v) is 16.0. The van der Waals surface area contributed by atoms with Crippen LogP contribution in [0.15, 0.2) is 36.8 Å². The molecule has 4 rings (SSSR count). The highest BCUT2D eigenvalue weighted by molar-refractivity contribution is 5.95. The molecule has 3 aromatic rings. The molecule has 0 fully saturated rings. The third-order valence-corrected chi connectivity index (χ3v) is 5.17. The average Bonchev–Trinajstić information content (AvgIpc) is 3.20. The molecular weight excluding hydrogens is 376 g/mol. The standard InChI is InChI=1S/C20H20N4O5/c1-28-16-7-12-5-6-24(15(9-19(25)26)14(12)8-17(16)29-2)20(27)13-3-4-18-22-21-11-23(18)10-13/h3-4,7-8,10-11,15H,5-6,9H2,1-2H3,(H,25,26). The summed E-state index contributed by atoms with van der Waals surface area (Å²) in [5, 5.41) is 17.2. The van der Waals surface area contributed by atoms with Gasteiger partial charge in [0.25, 0.3) is 5.91 Å². The van der Waals surface area contributed by atoms with E-state index in [-0.39, 0.29) is 12.3 Å². The summed E-state index contributed by atoms with van der Waals surface area (Å²) in [6, 6.07) is 6.39. The number of carboxylic acid groups (broad SMARTS) is 1. The van der Waals surface area contributed by atoms with Gasteiger partial charge in [-0.05, 0) is 41.8 Å². The van der Waals surface area contributed by atoms with Crippen molar-refractivity contribution in [2.75, 3.05) is 20.8 Å². The molecule has 1 aliphatic heterocycles. The highest BCUT2D eigenvalue weighted by atomic mass is 16.5. The first-order valence-corrected chi connectivity index (χ1v) is 9.08. The Hall–Kier alpha value is -3.62. The minimum Gasteiger partial charge on any atom is -0.493 e. The molecule has 29 heavy (non-hydrogen) atoms. The first kappa shape index (κ1) is 18.7. The van der Waals surface area contributed by atoms with Gasteiger partial charge in [-0.15, -0.1) is 10.2 Å². The summed E-state index contributed by atoms with van der Waals surface area (Å²) >= 11 is 0. The number of nitrogens with zero attached hydrogens (tertiary/aromatic N) is 4. The number of fused-ring (bicyclic) bond motifs is 2. The lowest BCUT2D eigenvalue weighted by atomic mass is 9.89. The molecule has 0 aliphatic carbocycles. The molecule has 1 aromatic carbocycles. The van der Waals surface area contributed by atoms with Crippen LogP contribution in [0, 0.1) is 0 Å². The molecule has 0 saturated carbocycles. The number of amides is 1. The van der Waals surface area contributed by atoms with E-state index in [1.807, 2.05) is 6.07 Å². The topological polar surface area (TPSA) is 106 Å². The van der Waals surface area contributed by atoms with Gasteiger partial charge in [-0.3, -0.25) is 14.0 Å². The van der Waals surface area contributed by atoms with Crippen LogP contribution in [0.3, 0.4) is 0 Å². The summed E-state index contributed by atoms with van der Waals surface area (Å²) in [5.74, 6) is -0.142. The molecule has 0 bridgehead atoms. The summed E-state index contributed by atoms with van der Waals surface area (Å²) in [6.45, 7) is 0.402. The Labute approximate surface area is 166 Å². The van der Waals surface area contributed by atoms with Gasteiger partial charge in [0, 0.05) is 12.7 Å². The Morgan fingerprint density at radius 2 is 1.97 bits per heavy atom. The van der Waals surface area contributed by atoms with E-state index in [0.717, 1.165) is 11.1 Å². The number of aliphatic carboxylic acids is 1. The largest absolute Gasteiger partial charge is 0.493 e. The van der Waals surface area contributed by atoms with Crippen molar-refractivity contribution in [3.63, 3.8) is 0 Å². The normalized spacial score (nSPS) is 15.8. The Morgan fingerprint density at radius 1 is 1.21 bits per heavy atom. The van der Waals surface area contributed by atoms with Gasteiger partial charge < -0.3 is 19.5 Å². The highest BCUT2D eigenvalue weighted by Crippen LogP contribution is 2.40. The Morgan fingerprint density at radius 3 is 2.69 bits per heavy atom. The Kier molecular flexibility index (Phi) is 4.79. The van der Waals surface area contributed by atoms with Crippen LogP contribution in [0.5, 0.6) is 11.5 Å². The molecule has 0 radical (unpaired) electrons. The van der Waals surface area contributed by atoms with Gasteiger partial charge in [-0.25, -0.2) is 0 Å². The average molecular weight is 396 g/mol. The molecule has 150 valence electrons. The number of carbonyl (C=O) groups excluding carboxylic acids is 1. The number of carboxylic acids is 1. The molecule has 1 unspecified atom stereocenters. The van der Waals surface area contributed by atoms with Crippen molar-refractivity contribution in [3.05, 3.63) is 53.5 Å². The van der Waals surface area contributed by atoms with Crippen molar-refractivity contribution in [2.24, 2.45) is 0 Å². The van der Waals surface area contributed by atoms with Crippen molar-refractivity contribution in [1.29, 1.82) is 0 Å². The van der Waals surface area contributed by atoms with E-state index in [0.29, 0.717) is 35.7 Å². The maximum absolute atomic E-state index is 13.3. The molecule has 9 heteroatoms. The predicted octanol–water partition coefficient (Wildman–Crippen LogP) is 1.96. The summed E-state index contributed by atoms with van der Waals surface area (Å²) < 4.78 is 12.4. The first-order chi connectivity index (χ1) is 14.0. The number of hydrogen-bond acceptors (Lipinski definition) is 6. The minimum atomic E-state index is -0.982. The lowest BCUT2D eigenvalue weighted by Crippen LogP contribution is -2.41. The maximum Gasteiger partial charge on any atom is 0.305 e. The summed E-state index contributed by atoms with van der Waals surface area (Å²) in [5.41, 5.74) is 2.78. The lowest BCUT2D eigenvalue weighted by molar-refractivity contribution is -0.138. The lowest BCUT2D eigenvalue weighted by Gasteiger charge is -2.37. The summed E-state index contributed by atoms with van der Waals surface area (Å²) in [6.07, 6.45) is 3.55. The summed E-state index contributed by atoms with van der Waals surface area (Å²) in [7, 11) is 3.08. The number of ether oxygens (including phenoxy) is 2. The predicted molar refractivity (Wildman–Crippen MR) is 102 cm³/mol. The second-order valence-corrected chi connectivity index (χ2v) is 6.78. The fraction of sp³-hybridized carbons (Fsp3) is 0.300. The SMILES string of the molecule is COc1cc2c(cc1OC)C(CC(=O)O)N(C(=O)c1ccc3nncn3c1)CC2. The number of rotatable bonds is 5. The van der Waals surface area contributed by atoms with Crippen molar-refractivity contribution in [2.45, 2.75) is 18.9 Å². The molecule has 3 heterocycles. The van der Waals surface area contributed by atoms with Gasteiger partial charge in [-0.2, -0.15) is 0 Å². The van der Waals surface area contributed by atoms with Crippen molar-refractivity contribution in [3.8, 4) is 11.5 Å². The number of carbonyl (C=O) groups is 2. The molecule has 1 aliphatic rings. The monoisotopic (exact) mass is 396 g/mol. The quantitative estimate of drug-likeness (QED) is 0.703. The van der Waals surface area contributed by atoms with Crippen LogP contribution >= 0.6 is 0 Å². The second-order valence-electron chi connectivity index (χ2n) is 6.78. The molecule has 9 nitrogen and oxygen atoms in total. The number of benzene rings is 1. The fourth-order valence-electron chi connectivity index (χ4n) is 3.78. The van der Waals surface area contributed by atoms with Crippen LogP contribution in [-0.4, -0.2) is 57.2 Å². The molecule has 1 N–H and O–H groups in total.